The number of amides is 2. The predicted octanol–water partition coefficient (Wildman–Crippen LogP) is 10.00. The minimum Gasteiger partial charge on any atom is -0.459 e. The Labute approximate surface area is 405 Å². The van der Waals surface area contributed by atoms with E-state index in [9.17, 15) is 24.9 Å². The van der Waals surface area contributed by atoms with E-state index in [4.69, 9.17) is 33.7 Å². The molecule has 0 spiro atoms. The zero-order chi connectivity index (χ0) is 48.4. The van der Waals surface area contributed by atoms with Crippen molar-refractivity contribution in [1.82, 2.24) is 10.2 Å². The summed E-state index contributed by atoms with van der Waals surface area (Å²) in [5.74, 6) is -1.53. The van der Waals surface area contributed by atoms with Gasteiger partial charge < -0.3 is 49.2 Å². The van der Waals surface area contributed by atoms with Gasteiger partial charge in [0.25, 0.3) is 0 Å². The number of carbonyl (C=O) groups excluding carboxylic acids is 2. The van der Waals surface area contributed by atoms with Crippen LogP contribution in [0.5, 0.6) is 11.5 Å². The third-order valence-electron chi connectivity index (χ3n) is 13.5. The molecule has 2 aromatic rings. The fourth-order valence-corrected chi connectivity index (χ4v) is 10.3. The van der Waals surface area contributed by atoms with E-state index in [1.807, 2.05) is 42.5 Å². The molecule has 2 aliphatic carbocycles. The number of ether oxygens (including phenoxy) is 5. The Balaban J connectivity index is 1.56. The van der Waals surface area contributed by atoms with Gasteiger partial charge in [-0.2, -0.15) is 0 Å². The molecule has 5 rings (SSSR count). The van der Waals surface area contributed by atoms with Gasteiger partial charge >= 0.3 is 12.2 Å². The highest BCUT2D eigenvalue weighted by atomic mass is 16.7. The SMILES string of the molecule is C=CCO[C@@]12Oc3ccc(OC(=O)NCCCCCCCCCCCC)cc3[C@H]3[C@H](CCCCO)[C@@H](CCCCO)C=C(C(=NOCc4ccccc4)C[C@@H]1N(CCOCCO)C(=O)OCC)[C@H]32. The smallest absolute Gasteiger partial charge is 0.412 e. The first-order valence-electron chi connectivity index (χ1n) is 25.7. The first-order valence-corrected chi connectivity index (χ1v) is 25.7. The van der Waals surface area contributed by atoms with Crippen molar-refractivity contribution in [3.63, 3.8) is 0 Å². The van der Waals surface area contributed by atoms with Crippen molar-refractivity contribution < 1.29 is 53.4 Å². The van der Waals surface area contributed by atoms with E-state index in [2.05, 4.69) is 24.9 Å². The molecule has 6 atom stereocenters. The van der Waals surface area contributed by atoms with E-state index in [0.29, 0.717) is 36.6 Å². The van der Waals surface area contributed by atoms with Crippen molar-refractivity contribution in [2.45, 2.75) is 147 Å². The Morgan fingerprint density at radius 3 is 2.29 bits per heavy atom. The number of rotatable bonds is 33. The molecule has 1 heterocycles. The molecule has 0 aromatic heterocycles. The average Bonchev–Trinajstić information content (AvgIpc) is 3.34. The van der Waals surface area contributed by atoms with Gasteiger partial charge in [-0.1, -0.05) is 125 Å². The fraction of sp³-hybridized carbons (Fsp3) is 0.648. The topological polar surface area (TPSA) is 178 Å². The van der Waals surface area contributed by atoms with Gasteiger partial charge in [0.1, 0.15) is 24.1 Å². The molecular weight excluding hydrogens is 867 g/mol. The second kappa shape index (κ2) is 30.2. The van der Waals surface area contributed by atoms with Crippen molar-refractivity contribution in [2.75, 3.05) is 59.3 Å². The van der Waals surface area contributed by atoms with Crippen LogP contribution in [0.2, 0.25) is 0 Å². The largest absolute Gasteiger partial charge is 0.459 e. The fourth-order valence-electron chi connectivity index (χ4n) is 10.3. The molecule has 378 valence electrons. The Hall–Kier alpha value is -4.47. The van der Waals surface area contributed by atoms with Crippen LogP contribution < -0.4 is 14.8 Å². The molecule has 0 unspecified atom stereocenters. The first kappa shape index (κ1) is 54.5. The summed E-state index contributed by atoms with van der Waals surface area (Å²) in [6.07, 6.45) is 19.4. The number of allylic oxidation sites excluding steroid dienone is 1. The summed E-state index contributed by atoms with van der Waals surface area (Å²) in [7, 11) is 0. The number of benzene rings is 2. The maximum absolute atomic E-state index is 14.3. The Kier molecular flexibility index (Phi) is 24.2. The van der Waals surface area contributed by atoms with Crippen molar-refractivity contribution in [3.8, 4) is 11.5 Å². The molecule has 1 aliphatic heterocycles. The van der Waals surface area contributed by atoms with Crippen molar-refractivity contribution in [2.24, 2.45) is 22.9 Å². The summed E-state index contributed by atoms with van der Waals surface area (Å²) < 4.78 is 31.8. The van der Waals surface area contributed by atoms with Gasteiger partial charge in [0.2, 0.25) is 5.79 Å². The lowest BCUT2D eigenvalue weighted by Crippen LogP contribution is -2.70. The highest BCUT2D eigenvalue weighted by molar-refractivity contribution is 6.03. The summed E-state index contributed by atoms with van der Waals surface area (Å²) >= 11 is 0. The van der Waals surface area contributed by atoms with Crippen LogP contribution in [0.1, 0.15) is 140 Å². The van der Waals surface area contributed by atoms with E-state index in [1.165, 1.54) is 44.9 Å². The zero-order valence-corrected chi connectivity index (χ0v) is 41.0. The summed E-state index contributed by atoms with van der Waals surface area (Å²) in [5, 5.41) is 37.3. The predicted molar refractivity (Wildman–Crippen MR) is 264 cm³/mol. The lowest BCUT2D eigenvalue weighted by atomic mass is 9.55. The minimum absolute atomic E-state index is 0.0115. The number of aliphatic hydroxyl groups excluding tert-OH is 3. The molecular formula is C54H81N3O11. The lowest BCUT2D eigenvalue weighted by Gasteiger charge is -2.59. The van der Waals surface area contributed by atoms with Crippen LogP contribution in [-0.4, -0.2) is 109 Å². The number of oxime groups is 1. The van der Waals surface area contributed by atoms with Gasteiger partial charge in [0.05, 0.1) is 44.7 Å². The molecule has 14 nitrogen and oxygen atoms in total. The van der Waals surface area contributed by atoms with E-state index in [-0.39, 0.29) is 83.6 Å². The maximum Gasteiger partial charge on any atom is 0.412 e. The van der Waals surface area contributed by atoms with Gasteiger partial charge in [0.15, 0.2) is 0 Å². The zero-order valence-electron chi connectivity index (χ0n) is 41.0. The number of fused-ring (bicyclic) bond motifs is 2. The van der Waals surface area contributed by atoms with Crippen LogP contribution in [0.3, 0.4) is 0 Å². The number of hydrogen-bond acceptors (Lipinski definition) is 12. The van der Waals surface area contributed by atoms with Crippen LogP contribution in [-0.2, 0) is 25.7 Å². The quantitative estimate of drug-likeness (QED) is 0.0304. The third kappa shape index (κ3) is 15.5. The molecule has 1 fully saturated rings. The van der Waals surface area contributed by atoms with E-state index in [0.717, 1.165) is 61.6 Å². The number of aliphatic hydroxyl groups is 3. The van der Waals surface area contributed by atoms with Crippen molar-refractivity contribution in [1.29, 1.82) is 0 Å². The second-order valence-electron chi connectivity index (χ2n) is 18.3. The molecule has 0 radical (unpaired) electrons. The van der Waals surface area contributed by atoms with Crippen molar-refractivity contribution in [3.05, 3.63) is 84.0 Å². The van der Waals surface area contributed by atoms with Crippen LogP contribution >= 0.6 is 0 Å². The normalized spacial score (nSPS) is 22.0. The van der Waals surface area contributed by atoms with E-state index >= 15 is 0 Å². The standard InChI is InChI=1S/C54H81N3O11/c1-4-7-8-9-10-11-12-13-14-20-29-55-52(61)67-43-27-28-48-46(38-43)50-44(26-19-22-32-59)42(25-18-21-31-58)37-45-47(56-66-40-41-23-16-15-17-24-41)39-49(54(68-48,51(45)50)65-34-5-2)57(53(62)64-6-3)30-35-63-36-33-60/h5,15-17,23-24,27-28,37-38,42,44,49-51,58-60H,2,4,6-14,18-22,25-26,29-36,39-40H2,1,3H3,(H,55,61)/t42-,44+,49-,50+,51+,54+/m0/s1. The van der Waals surface area contributed by atoms with Crippen LogP contribution in [0.4, 0.5) is 9.59 Å². The molecule has 0 bridgehead atoms. The minimum atomic E-state index is -1.51. The Morgan fingerprint density at radius 1 is 0.882 bits per heavy atom. The summed E-state index contributed by atoms with van der Waals surface area (Å²) in [5.41, 5.74) is 3.29. The Bertz CT molecular complexity index is 1860. The van der Waals surface area contributed by atoms with Gasteiger partial charge in [0, 0.05) is 44.2 Å². The lowest BCUT2D eigenvalue weighted by molar-refractivity contribution is -0.256. The van der Waals surface area contributed by atoms with Crippen LogP contribution in [0.25, 0.3) is 0 Å². The number of nitrogens with zero attached hydrogens (tertiary/aromatic N) is 2. The third-order valence-corrected chi connectivity index (χ3v) is 13.5. The van der Waals surface area contributed by atoms with Gasteiger partial charge in [-0.15, -0.1) is 6.58 Å². The van der Waals surface area contributed by atoms with E-state index in [1.54, 1.807) is 24.0 Å². The number of unbranched alkanes of at least 4 members (excludes halogenated alkanes) is 11. The number of nitrogens with one attached hydrogen (secondary N) is 1. The maximum atomic E-state index is 14.3. The summed E-state index contributed by atoms with van der Waals surface area (Å²) in [6.45, 7) is 9.21. The molecule has 4 N–H and O–H groups in total. The van der Waals surface area contributed by atoms with Gasteiger partial charge in [-0.25, -0.2) is 9.59 Å². The highest BCUT2D eigenvalue weighted by Gasteiger charge is 2.65. The van der Waals surface area contributed by atoms with Gasteiger partial charge in [-0.3, -0.25) is 4.90 Å². The molecule has 2 aromatic carbocycles. The second-order valence-corrected chi connectivity index (χ2v) is 18.3. The summed E-state index contributed by atoms with van der Waals surface area (Å²) in [4.78, 5) is 35.4. The molecule has 2 amide bonds. The molecule has 3 aliphatic rings. The van der Waals surface area contributed by atoms with Crippen molar-refractivity contribution >= 4 is 17.9 Å². The molecule has 1 saturated carbocycles. The van der Waals surface area contributed by atoms with Gasteiger partial charge in [-0.05, 0) is 80.2 Å². The monoisotopic (exact) mass is 948 g/mol. The first-order chi connectivity index (χ1) is 33.3. The molecule has 68 heavy (non-hydrogen) atoms. The number of carbonyl (C=O) groups is 2. The van der Waals surface area contributed by atoms with Crippen LogP contribution in [0, 0.1) is 17.8 Å². The molecule has 14 heteroatoms. The molecule has 0 saturated heterocycles. The highest BCUT2D eigenvalue weighted by Crippen LogP contribution is 2.62. The average molecular weight is 948 g/mol. The Morgan fingerprint density at radius 2 is 1.60 bits per heavy atom. The summed E-state index contributed by atoms with van der Waals surface area (Å²) in [6, 6.07) is 14.4. The van der Waals surface area contributed by atoms with Crippen LogP contribution in [0.15, 0.2) is 78.0 Å². The number of hydrogen-bond donors (Lipinski definition) is 4. The van der Waals surface area contributed by atoms with E-state index < -0.39 is 29.9 Å².